The van der Waals surface area contributed by atoms with Crippen molar-refractivity contribution in [2.24, 2.45) is 5.92 Å². The third kappa shape index (κ3) is 4.71. The summed E-state index contributed by atoms with van der Waals surface area (Å²) in [6.45, 7) is 3.96. The minimum Gasteiger partial charge on any atom is -1.00 e. The Morgan fingerprint density at radius 2 is 1.64 bits per heavy atom. The van der Waals surface area contributed by atoms with E-state index in [1.807, 2.05) is 36.4 Å². The Bertz CT molecular complexity index is 1150. The van der Waals surface area contributed by atoms with E-state index in [0.29, 0.717) is 5.92 Å². The molecule has 3 aromatic rings. The van der Waals surface area contributed by atoms with Gasteiger partial charge in [0.2, 0.25) is 0 Å². The maximum Gasteiger partial charge on any atom is 0.317 e. The quantitative estimate of drug-likeness (QED) is 0.381. The van der Waals surface area contributed by atoms with Crippen LogP contribution in [0.1, 0.15) is 56.2 Å². The third-order valence-corrected chi connectivity index (χ3v) is 8.84. The lowest BCUT2D eigenvalue weighted by molar-refractivity contribution is -0.958. The Balaban J connectivity index is 0.00000267. The van der Waals surface area contributed by atoms with E-state index in [1.54, 1.807) is 0 Å². The first-order valence-corrected chi connectivity index (χ1v) is 13.3. The van der Waals surface area contributed by atoms with Crippen molar-refractivity contribution in [3.05, 3.63) is 78.0 Å². The van der Waals surface area contributed by atoms with E-state index in [2.05, 4.69) is 35.5 Å². The zero-order chi connectivity index (χ0) is 23.7. The van der Waals surface area contributed by atoms with E-state index in [4.69, 9.17) is 9.26 Å². The molecule has 4 fully saturated rings. The first-order chi connectivity index (χ1) is 17.2. The van der Waals surface area contributed by atoms with Gasteiger partial charge >= 0.3 is 5.97 Å². The normalized spacial score (nSPS) is 26.7. The summed E-state index contributed by atoms with van der Waals surface area (Å²) < 4.78 is 13.1. The second kappa shape index (κ2) is 10.4. The lowest BCUT2D eigenvalue weighted by atomic mass is 9.69. The minimum absolute atomic E-state index is 0. The largest absolute Gasteiger partial charge is 1.00 e. The Labute approximate surface area is 219 Å². The number of nitrogens with zero attached hydrogens (tertiary/aromatic N) is 2. The highest BCUT2D eigenvalue weighted by Crippen LogP contribution is 2.43. The second-order valence-electron chi connectivity index (χ2n) is 11.0. The van der Waals surface area contributed by atoms with Crippen molar-refractivity contribution < 1.29 is 30.9 Å². The van der Waals surface area contributed by atoms with Gasteiger partial charge in [-0.15, -0.1) is 0 Å². The number of esters is 1. The number of carbonyl (C=O) groups excluding carboxylic acids is 1. The molecular weight excluding hydrogens is 472 g/mol. The van der Waals surface area contributed by atoms with Crippen LogP contribution in [0.3, 0.4) is 0 Å². The molecule has 1 saturated carbocycles. The molecule has 5 nitrogen and oxygen atoms in total. The number of quaternary nitrogens is 1. The van der Waals surface area contributed by atoms with E-state index in [1.165, 1.54) is 6.42 Å². The fourth-order valence-corrected chi connectivity index (χ4v) is 6.82. The fraction of sp³-hybridized carbons (Fsp3) is 0.467. The molecule has 190 valence electrons. The minimum atomic E-state index is -0.479. The van der Waals surface area contributed by atoms with Gasteiger partial charge in [0.05, 0.1) is 18.5 Å². The second-order valence-corrected chi connectivity index (χ2v) is 11.0. The van der Waals surface area contributed by atoms with E-state index in [-0.39, 0.29) is 24.5 Å². The van der Waals surface area contributed by atoms with Gasteiger partial charge < -0.3 is 26.2 Å². The molecule has 1 aromatic heterocycles. The number of rotatable bonds is 6. The smallest absolute Gasteiger partial charge is 0.317 e. The lowest BCUT2D eigenvalue weighted by Crippen LogP contribution is -3.00. The van der Waals surface area contributed by atoms with Gasteiger partial charge in [0, 0.05) is 30.4 Å². The van der Waals surface area contributed by atoms with Gasteiger partial charge in [-0.25, -0.2) is 0 Å². The highest BCUT2D eigenvalue weighted by Gasteiger charge is 2.50. The summed E-state index contributed by atoms with van der Waals surface area (Å²) in [5.41, 5.74) is 2.69. The summed E-state index contributed by atoms with van der Waals surface area (Å²) in [4.78, 5) is 13.8. The van der Waals surface area contributed by atoms with Crippen LogP contribution in [0, 0.1) is 5.92 Å². The molecule has 7 rings (SSSR count). The standard InChI is InChI=1S/C30H35N2O3.ClH/c33-29(30(16-8-3-9-17-30)25-12-6-2-7-13-25)34-28-22-32(18-14-24(28)15-19-32)21-26-20-27(35-31-26)23-10-4-1-5-11-23;/h1-2,4-7,10-13,20,24,28H,3,8-9,14-19,21-22H2;1H/q+1;/p-1/t24?,28-,32?;/m0./s1. The van der Waals surface area contributed by atoms with Crippen LogP contribution >= 0.6 is 0 Å². The summed E-state index contributed by atoms with van der Waals surface area (Å²) in [7, 11) is 0. The number of hydrogen-bond donors (Lipinski definition) is 0. The molecule has 4 heterocycles. The zero-order valence-corrected chi connectivity index (χ0v) is 21.5. The monoisotopic (exact) mass is 506 g/mol. The van der Waals surface area contributed by atoms with Crippen molar-refractivity contribution in [3.8, 4) is 11.3 Å². The van der Waals surface area contributed by atoms with Gasteiger partial charge in [-0.2, -0.15) is 0 Å². The lowest BCUT2D eigenvalue weighted by Gasteiger charge is -2.52. The van der Waals surface area contributed by atoms with Crippen LogP contribution in [0.4, 0.5) is 0 Å². The molecule has 3 aliphatic heterocycles. The van der Waals surface area contributed by atoms with Crippen molar-refractivity contribution in [1.29, 1.82) is 0 Å². The number of benzene rings is 2. The molecule has 0 amide bonds. The van der Waals surface area contributed by atoms with Gasteiger partial charge in [-0.3, -0.25) is 4.79 Å². The molecule has 0 spiro atoms. The molecule has 4 aliphatic rings. The average Bonchev–Trinajstić information content (AvgIpc) is 3.38. The highest BCUT2D eigenvalue weighted by molar-refractivity contribution is 5.83. The summed E-state index contributed by atoms with van der Waals surface area (Å²) in [6, 6.07) is 22.6. The van der Waals surface area contributed by atoms with Crippen molar-refractivity contribution >= 4 is 5.97 Å². The van der Waals surface area contributed by atoms with Crippen LogP contribution in [-0.2, 0) is 21.5 Å². The predicted molar refractivity (Wildman–Crippen MR) is 134 cm³/mol. The Morgan fingerprint density at radius 1 is 0.972 bits per heavy atom. The van der Waals surface area contributed by atoms with Gasteiger partial charge in [0.1, 0.15) is 18.8 Å². The number of aromatic nitrogens is 1. The first kappa shape index (κ1) is 25.0. The van der Waals surface area contributed by atoms with Crippen LogP contribution in [0.25, 0.3) is 11.3 Å². The Kier molecular flexibility index (Phi) is 7.23. The number of fused-ring (bicyclic) bond motifs is 3. The fourth-order valence-electron chi connectivity index (χ4n) is 6.82. The van der Waals surface area contributed by atoms with Gasteiger partial charge in [0.15, 0.2) is 11.9 Å². The molecule has 36 heavy (non-hydrogen) atoms. The number of carbonyl (C=O) groups is 1. The predicted octanol–water partition coefficient (Wildman–Crippen LogP) is 2.90. The van der Waals surface area contributed by atoms with E-state index < -0.39 is 5.41 Å². The first-order valence-electron chi connectivity index (χ1n) is 13.3. The van der Waals surface area contributed by atoms with E-state index in [9.17, 15) is 4.79 Å². The summed E-state index contributed by atoms with van der Waals surface area (Å²) >= 11 is 0. The van der Waals surface area contributed by atoms with Crippen LogP contribution in [-0.4, -0.2) is 41.3 Å². The van der Waals surface area contributed by atoms with Crippen molar-refractivity contribution in [2.45, 2.75) is 63.0 Å². The average molecular weight is 507 g/mol. The van der Waals surface area contributed by atoms with Crippen LogP contribution in [0.15, 0.2) is 71.3 Å². The van der Waals surface area contributed by atoms with Gasteiger partial charge in [-0.05, 0) is 18.4 Å². The van der Waals surface area contributed by atoms with E-state index >= 15 is 0 Å². The molecule has 6 heteroatoms. The molecule has 0 unspecified atom stereocenters. The van der Waals surface area contributed by atoms with Crippen LogP contribution < -0.4 is 12.4 Å². The zero-order valence-electron chi connectivity index (χ0n) is 20.8. The van der Waals surface area contributed by atoms with Crippen molar-refractivity contribution in [3.63, 3.8) is 0 Å². The molecule has 3 saturated heterocycles. The molecule has 1 atom stereocenters. The summed E-state index contributed by atoms with van der Waals surface area (Å²) in [5, 5.41) is 4.41. The SMILES string of the molecule is O=C(O[C@H]1C[N+]2(Cc3cc(-c4ccccc4)on3)CCC1CC2)C1(c2ccccc2)CCCCC1.[Cl-]. The van der Waals surface area contributed by atoms with Crippen molar-refractivity contribution in [2.75, 3.05) is 19.6 Å². The highest BCUT2D eigenvalue weighted by atomic mass is 35.5. The molecule has 0 N–H and O–H groups in total. The molecular formula is C30H35ClN2O3. The Morgan fingerprint density at radius 3 is 2.33 bits per heavy atom. The molecule has 2 aromatic carbocycles. The van der Waals surface area contributed by atoms with Gasteiger partial charge in [-0.1, -0.05) is 85.1 Å². The molecule has 0 radical (unpaired) electrons. The maximum atomic E-state index is 13.8. The van der Waals surface area contributed by atoms with Crippen LogP contribution in [0.5, 0.6) is 0 Å². The van der Waals surface area contributed by atoms with Crippen molar-refractivity contribution in [1.82, 2.24) is 5.16 Å². The topological polar surface area (TPSA) is 52.3 Å². The molecule has 2 bridgehead atoms. The van der Waals surface area contributed by atoms with E-state index in [0.717, 1.165) is 91.8 Å². The molecule has 1 aliphatic carbocycles. The summed E-state index contributed by atoms with van der Waals surface area (Å²) in [6.07, 6.45) is 7.40. The number of ether oxygens (including phenoxy) is 1. The number of piperidine rings is 3. The Hall–Kier alpha value is -2.63. The van der Waals surface area contributed by atoms with Crippen LogP contribution in [0.2, 0.25) is 0 Å². The number of hydrogen-bond acceptors (Lipinski definition) is 4. The summed E-state index contributed by atoms with van der Waals surface area (Å²) in [5.74, 6) is 1.30. The third-order valence-electron chi connectivity index (χ3n) is 8.84. The van der Waals surface area contributed by atoms with Gasteiger partial charge in [0.25, 0.3) is 0 Å². The maximum absolute atomic E-state index is 13.8. The number of halogens is 1.